The first-order chi connectivity index (χ1) is 15.2. The molecular weight excluding hydrogens is 434 g/mol. The number of nitrogens with one attached hydrogen (secondary N) is 2. The number of rotatable bonds is 7. The maximum absolute atomic E-state index is 8.89. The van der Waals surface area contributed by atoms with Gasteiger partial charge in [0, 0.05) is 24.0 Å². The first-order valence-corrected chi connectivity index (χ1v) is 11.0. The molecule has 0 saturated heterocycles. The van der Waals surface area contributed by atoms with Crippen molar-refractivity contribution in [1.29, 1.82) is 0 Å². The van der Waals surface area contributed by atoms with Crippen LogP contribution in [0.1, 0.15) is 5.56 Å². The molecule has 0 unspecified atom stereocenters. The highest BCUT2D eigenvalue weighted by molar-refractivity contribution is 7.14. The van der Waals surface area contributed by atoms with Crippen molar-refractivity contribution in [2.45, 2.75) is 6.54 Å². The molecule has 0 spiro atoms. The predicted octanol–water partition coefficient (Wildman–Crippen LogP) is 5.17. The third kappa shape index (κ3) is 4.05. The standard InChI is InChI=1S/C23H20ClN3O3S/c24-18-10-14(12-25-8-9-28)4-6-19(18)26-23-17-3-1-2-16(22(17)31-27-23)15-5-7-20-21(11-15)30-13-29-20/h1-7,10-11,25,28H,8-9,12-13H2,(H,26,27). The van der Waals surface area contributed by atoms with Crippen LogP contribution < -0.4 is 20.1 Å². The van der Waals surface area contributed by atoms with Gasteiger partial charge in [-0.05, 0) is 53.0 Å². The van der Waals surface area contributed by atoms with E-state index in [4.69, 9.17) is 26.2 Å². The molecule has 31 heavy (non-hydrogen) atoms. The van der Waals surface area contributed by atoms with Gasteiger partial charge in [0.1, 0.15) is 0 Å². The topological polar surface area (TPSA) is 75.6 Å². The second-order valence-electron chi connectivity index (χ2n) is 7.12. The average molecular weight is 454 g/mol. The van der Waals surface area contributed by atoms with E-state index in [1.165, 1.54) is 11.5 Å². The Kier molecular flexibility index (Phi) is 5.65. The van der Waals surface area contributed by atoms with Gasteiger partial charge < -0.3 is 25.2 Å². The Morgan fingerprint density at radius 2 is 1.97 bits per heavy atom. The van der Waals surface area contributed by atoms with Crippen LogP contribution in [-0.4, -0.2) is 29.4 Å². The number of hydrogen-bond acceptors (Lipinski definition) is 7. The number of nitrogens with zero attached hydrogens (tertiary/aromatic N) is 1. The molecule has 2 heterocycles. The summed E-state index contributed by atoms with van der Waals surface area (Å²) in [7, 11) is 0. The summed E-state index contributed by atoms with van der Waals surface area (Å²) >= 11 is 7.95. The van der Waals surface area contributed by atoms with Crippen LogP contribution in [0.25, 0.3) is 21.2 Å². The molecule has 0 atom stereocenters. The molecule has 3 aromatic carbocycles. The van der Waals surface area contributed by atoms with Crippen LogP contribution in [-0.2, 0) is 6.54 Å². The summed E-state index contributed by atoms with van der Waals surface area (Å²) < 4.78 is 16.7. The molecule has 6 nitrogen and oxygen atoms in total. The summed E-state index contributed by atoms with van der Waals surface area (Å²) in [5, 5.41) is 17.1. The normalized spacial score (nSPS) is 12.5. The second-order valence-corrected chi connectivity index (χ2v) is 8.30. The summed E-state index contributed by atoms with van der Waals surface area (Å²) in [5.41, 5.74) is 4.01. The zero-order valence-electron chi connectivity index (χ0n) is 16.5. The SMILES string of the molecule is OCCNCc1ccc(Nc2nsc3c(-c4ccc5c(c4)OCO5)cccc23)c(Cl)c1. The van der Waals surface area contributed by atoms with E-state index in [1.807, 2.05) is 42.5 Å². The fraction of sp³-hybridized carbons (Fsp3) is 0.174. The van der Waals surface area contributed by atoms with E-state index in [-0.39, 0.29) is 13.4 Å². The summed E-state index contributed by atoms with van der Waals surface area (Å²) in [5.74, 6) is 2.31. The molecule has 0 radical (unpaired) electrons. The van der Waals surface area contributed by atoms with Gasteiger partial charge in [0.25, 0.3) is 0 Å². The minimum atomic E-state index is 0.110. The van der Waals surface area contributed by atoms with Gasteiger partial charge >= 0.3 is 0 Å². The molecule has 158 valence electrons. The smallest absolute Gasteiger partial charge is 0.231 e. The Balaban J connectivity index is 1.43. The quantitative estimate of drug-likeness (QED) is 0.335. The number of anilines is 2. The summed E-state index contributed by atoms with van der Waals surface area (Å²) in [6.07, 6.45) is 0. The highest BCUT2D eigenvalue weighted by Crippen LogP contribution is 2.41. The molecule has 5 rings (SSSR count). The van der Waals surface area contributed by atoms with Gasteiger partial charge in [-0.3, -0.25) is 0 Å². The van der Waals surface area contributed by atoms with Crippen LogP contribution in [0.4, 0.5) is 11.5 Å². The van der Waals surface area contributed by atoms with E-state index >= 15 is 0 Å². The van der Waals surface area contributed by atoms with Gasteiger partial charge in [-0.15, -0.1) is 0 Å². The third-order valence-corrected chi connectivity index (χ3v) is 6.30. The minimum Gasteiger partial charge on any atom is -0.454 e. The van der Waals surface area contributed by atoms with Crippen molar-refractivity contribution in [3.05, 3.63) is 65.2 Å². The summed E-state index contributed by atoms with van der Waals surface area (Å²) in [4.78, 5) is 0. The lowest BCUT2D eigenvalue weighted by atomic mass is 10.0. The molecule has 0 fully saturated rings. The Labute approximate surface area is 188 Å². The van der Waals surface area contributed by atoms with Gasteiger partial charge in [0.15, 0.2) is 17.3 Å². The Morgan fingerprint density at radius 1 is 1.06 bits per heavy atom. The number of hydrogen-bond donors (Lipinski definition) is 3. The van der Waals surface area contributed by atoms with Crippen molar-refractivity contribution in [2.75, 3.05) is 25.3 Å². The molecule has 0 amide bonds. The zero-order chi connectivity index (χ0) is 21.2. The molecule has 1 aliphatic heterocycles. The Hall–Kier alpha value is -2.84. The number of halogens is 1. The first-order valence-electron chi connectivity index (χ1n) is 9.88. The molecule has 8 heteroatoms. The summed E-state index contributed by atoms with van der Waals surface area (Å²) in [6, 6.07) is 18.0. The average Bonchev–Trinajstić information content (AvgIpc) is 3.42. The zero-order valence-corrected chi connectivity index (χ0v) is 18.1. The number of ether oxygens (including phenoxy) is 2. The fourth-order valence-electron chi connectivity index (χ4n) is 3.55. The maximum Gasteiger partial charge on any atom is 0.231 e. The van der Waals surface area contributed by atoms with E-state index < -0.39 is 0 Å². The number of aliphatic hydroxyl groups excluding tert-OH is 1. The van der Waals surface area contributed by atoms with Crippen LogP contribution in [0, 0.1) is 0 Å². The van der Waals surface area contributed by atoms with Crippen molar-refractivity contribution in [2.24, 2.45) is 0 Å². The monoisotopic (exact) mass is 453 g/mol. The molecule has 0 aliphatic carbocycles. The fourth-order valence-corrected chi connectivity index (χ4v) is 4.68. The number of benzene rings is 3. The van der Waals surface area contributed by atoms with Crippen molar-refractivity contribution in [3.8, 4) is 22.6 Å². The van der Waals surface area contributed by atoms with Crippen LogP contribution >= 0.6 is 23.1 Å². The molecule has 1 aliphatic rings. The lowest BCUT2D eigenvalue weighted by molar-refractivity contribution is 0.174. The van der Waals surface area contributed by atoms with Crippen molar-refractivity contribution >= 4 is 44.7 Å². The molecule has 4 aromatic rings. The number of fused-ring (bicyclic) bond motifs is 2. The first kappa shape index (κ1) is 20.1. The molecular formula is C23H20ClN3O3S. The van der Waals surface area contributed by atoms with Crippen LogP contribution in [0.15, 0.2) is 54.6 Å². The molecule has 0 bridgehead atoms. The van der Waals surface area contributed by atoms with E-state index in [0.29, 0.717) is 18.1 Å². The third-order valence-electron chi connectivity index (χ3n) is 5.09. The summed E-state index contributed by atoms with van der Waals surface area (Å²) in [6.45, 7) is 1.57. The lowest BCUT2D eigenvalue weighted by Gasteiger charge is -2.10. The van der Waals surface area contributed by atoms with E-state index in [0.717, 1.165) is 49.8 Å². The Bertz CT molecular complexity index is 1240. The number of aliphatic hydroxyl groups is 1. The van der Waals surface area contributed by atoms with Gasteiger partial charge in [0.05, 0.1) is 22.0 Å². The maximum atomic E-state index is 8.89. The highest BCUT2D eigenvalue weighted by Gasteiger charge is 2.17. The molecule has 0 saturated carbocycles. The van der Waals surface area contributed by atoms with E-state index in [1.54, 1.807) is 0 Å². The molecule has 1 aromatic heterocycles. The van der Waals surface area contributed by atoms with Crippen molar-refractivity contribution < 1.29 is 14.6 Å². The van der Waals surface area contributed by atoms with Gasteiger partial charge in [-0.1, -0.05) is 35.9 Å². The van der Waals surface area contributed by atoms with Gasteiger partial charge in [-0.2, -0.15) is 4.37 Å². The minimum absolute atomic E-state index is 0.110. The molecule has 3 N–H and O–H groups in total. The van der Waals surface area contributed by atoms with Crippen molar-refractivity contribution in [1.82, 2.24) is 9.69 Å². The lowest BCUT2D eigenvalue weighted by Crippen LogP contribution is -2.17. The highest BCUT2D eigenvalue weighted by atomic mass is 35.5. The predicted molar refractivity (Wildman–Crippen MR) is 125 cm³/mol. The van der Waals surface area contributed by atoms with Crippen molar-refractivity contribution in [3.63, 3.8) is 0 Å². The van der Waals surface area contributed by atoms with E-state index in [2.05, 4.69) is 27.1 Å². The largest absolute Gasteiger partial charge is 0.454 e. The van der Waals surface area contributed by atoms with Crippen LogP contribution in [0.3, 0.4) is 0 Å². The van der Waals surface area contributed by atoms with Crippen LogP contribution in [0.2, 0.25) is 5.02 Å². The Morgan fingerprint density at radius 3 is 2.84 bits per heavy atom. The van der Waals surface area contributed by atoms with Crippen LogP contribution in [0.5, 0.6) is 11.5 Å². The number of aromatic nitrogens is 1. The second kappa shape index (κ2) is 8.72. The van der Waals surface area contributed by atoms with Gasteiger partial charge in [0.2, 0.25) is 6.79 Å². The van der Waals surface area contributed by atoms with Gasteiger partial charge in [-0.25, -0.2) is 0 Å². The van der Waals surface area contributed by atoms with E-state index in [9.17, 15) is 0 Å².